The van der Waals surface area contributed by atoms with Crippen LogP contribution in [0.2, 0.25) is 0 Å². The van der Waals surface area contributed by atoms with Gasteiger partial charge < -0.3 is 14.2 Å². The Hall–Kier alpha value is -0.820. The summed E-state index contributed by atoms with van der Waals surface area (Å²) in [5.41, 5.74) is 0. The van der Waals surface area contributed by atoms with Crippen molar-refractivity contribution >= 4 is 0 Å². The summed E-state index contributed by atoms with van der Waals surface area (Å²) in [4.78, 5) is 0. The van der Waals surface area contributed by atoms with Crippen molar-refractivity contribution in [1.29, 1.82) is 0 Å². The Bertz CT molecular complexity index is 231. The highest BCUT2D eigenvalue weighted by Crippen LogP contribution is 1.88. The van der Waals surface area contributed by atoms with Crippen LogP contribution in [0.3, 0.4) is 0 Å². The van der Waals surface area contributed by atoms with Crippen LogP contribution < -0.4 is 0 Å². The maximum absolute atomic E-state index is 4.69. The molecule has 0 bridgehead atoms. The Morgan fingerprint density at radius 3 is 0.917 bits per heavy atom. The summed E-state index contributed by atoms with van der Waals surface area (Å²) in [5.74, 6) is 5.63. The molecule has 0 aromatic heterocycles. The molecule has 0 aromatic carbocycles. The molecule has 236 valence electrons. The van der Waals surface area contributed by atoms with Gasteiger partial charge >= 0.3 is 0 Å². The third kappa shape index (κ3) is 332. The lowest BCUT2D eigenvalue weighted by molar-refractivity contribution is 0.199. The quantitative estimate of drug-likeness (QED) is 0.230. The first-order valence-electron chi connectivity index (χ1n) is 11.5. The van der Waals surface area contributed by atoms with E-state index in [1.807, 2.05) is 27.7 Å². The lowest BCUT2D eigenvalue weighted by Crippen LogP contribution is -1.80. The van der Waals surface area contributed by atoms with Gasteiger partial charge in [-0.05, 0) is 40.0 Å². The van der Waals surface area contributed by atoms with E-state index in [0.29, 0.717) is 0 Å². The molecule has 0 radical (unpaired) electrons. The smallest absolute Gasteiger partial charge is 0.0459 e. The van der Waals surface area contributed by atoms with Gasteiger partial charge in [-0.3, -0.25) is 0 Å². The van der Waals surface area contributed by atoms with Crippen LogP contribution in [0, 0.1) is 11.8 Å². The van der Waals surface area contributed by atoms with Crippen LogP contribution in [0.5, 0.6) is 0 Å². The van der Waals surface area contributed by atoms with Crippen LogP contribution in [-0.4, -0.2) is 41.2 Å². The summed E-state index contributed by atoms with van der Waals surface area (Å²) in [6.07, 6.45) is 12.6. The summed E-state index contributed by atoms with van der Waals surface area (Å²) >= 11 is 0. The van der Waals surface area contributed by atoms with Gasteiger partial charge in [0.1, 0.15) is 0 Å². The fourth-order valence-electron chi connectivity index (χ4n) is 1.17. The van der Waals surface area contributed by atoms with Crippen molar-refractivity contribution in [2.24, 2.45) is 0 Å². The van der Waals surface area contributed by atoms with Crippen LogP contribution in [0.25, 0.3) is 0 Å². The van der Waals surface area contributed by atoms with Gasteiger partial charge in [0.25, 0.3) is 0 Å². The molecule has 0 spiro atoms. The summed E-state index contributed by atoms with van der Waals surface area (Å²) in [6, 6.07) is 0. The Morgan fingerprint density at radius 2 is 0.917 bits per heavy atom. The molecule has 0 N–H and O–H groups in total. The third-order valence-electron chi connectivity index (χ3n) is 2.64. The standard InChI is InChI=1S/C5H12.C5H10.C5H8.2C4H10O.C3H8O.7CH4/c3*1-3-5-4-2;2*1-3-4-5-2;1-3-4-2;;;;;;;/h3-5H2,1-2H3;3,5H,4H2,1-2H3;3H2,1-2H3;2*3-4H2,1-2H3;3H2,1-2H3;7*1H4. The van der Waals surface area contributed by atoms with E-state index in [2.05, 4.69) is 63.3 Å². The normalized spacial score (nSPS) is 6.44. The largest absolute Gasteiger partial charge is 0.385 e. The van der Waals surface area contributed by atoms with Gasteiger partial charge in [0.15, 0.2) is 0 Å². The van der Waals surface area contributed by atoms with E-state index in [-0.39, 0.29) is 52.0 Å². The van der Waals surface area contributed by atoms with Crippen LogP contribution >= 0.6 is 0 Å². The van der Waals surface area contributed by atoms with Gasteiger partial charge in [0, 0.05) is 47.6 Å². The highest BCUT2D eigenvalue weighted by atomic mass is 16.5. The Kier molecular flexibility index (Phi) is 334. The highest BCUT2D eigenvalue weighted by Gasteiger charge is 1.68. The molecule has 0 saturated carbocycles. The fourth-order valence-corrected chi connectivity index (χ4v) is 1.17. The molecule has 0 aliphatic heterocycles. The molecule has 3 heteroatoms. The molecule has 0 heterocycles. The monoisotopic (exact) mass is 531 g/mol. The number of ether oxygens (including phenoxy) is 3. The Labute approximate surface area is 238 Å². The molecule has 0 atom stereocenters. The predicted octanol–water partition coefficient (Wildman–Crippen LogP) is 12.8. The second-order valence-corrected chi connectivity index (χ2v) is 5.67. The third-order valence-corrected chi connectivity index (χ3v) is 2.64. The zero-order valence-electron chi connectivity index (χ0n) is 22.5. The topological polar surface area (TPSA) is 27.7 Å². The summed E-state index contributed by atoms with van der Waals surface area (Å²) in [6.45, 7) is 21.2. The zero-order chi connectivity index (χ0) is 24.0. The molecular weight excluding hydrogens is 444 g/mol. The predicted molar refractivity (Wildman–Crippen MR) is 183 cm³/mol. The van der Waals surface area contributed by atoms with Crippen molar-refractivity contribution in [2.45, 2.75) is 159 Å². The minimum atomic E-state index is 0. The van der Waals surface area contributed by atoms with E-state index in [4.69, 9.17) is 9.47 Å². The van der Waals surface area contributed by atoms with Crippen LogP contribution in [0.1, 0.15) is 159 Å². The van der Waals surface area contributed by atoms with Gasteiger partial charge in [0.05, 0.1) is 0 Å². The van der Waals surface area contributed by atoms with E-state index >= 15 is 0 Å². The van der Waals surface area contributed by atoms with Gasteiger partial charge in [-0.15, -0.1) is 11.8 Å². The average Bonchev–Trinajstić information content (AvgIpc) is 2.73. The average molecular weight is 531 g/mol. The number of hydrogen-bond acceptors (Lipinski definition) is 3. The summed E-state index contributed by atoms with van der Waals surface area (Å²) < 4.78 is 13.9. The first-order chi connectivity index (χ1) is 14.0. The number of allylic oxidation sites excluding steroid dienone is 2. The van der Waals surface area contributed by atoms with Gasteiger partial charge in [0.2, 0.25) is 0 Å². The first-order valence-corrected chi connectivity index (χ1v) is 11.5. The molecule has 0 rings (SSSR count). The van der Waals surface area contributed by atoms with Crippen molar-refractivity contribution in [3.8, 4) is 11.8 Å². The number of hydrogen-bond donors (Lipinski definition) is 0. The second-order valence-electron chi connectivity index (χ2n) is 5.67. The van der Waals surface area contributed by atoms with E-state index in [9.17, 15) is 0 Å². The summed E-state index contributed by atoms with van der Waals surface area (Å²) in [7, 11) is 5.10. The maximum atomic E-state index is 4.69. The molecule has 0 aliphatic rings. The molecule has 3 nitrogen and oxygen atoms in total. The van der Waals surface area contributed by atoms with Crippen LogP contribution in [-0.2, 0) is 14.2 Å². The molecule has 0 fully saturated rings. The van der Waals surface area contributed by atoms with Crippen LogP contribution in [0.15, 0.2) is 12.2 Å². The zero-order valence-corrected chi connectivity index (χ0v) is 22.5. The minimum Gasteiger partial charge on any atom is -0.385 e. The molecule has 0 amide bonds. The SMILES string of the molecule is C.C.C.C.C.C.C.CC#CCC.CC=CCC.CCCCC.CCCOC.CCCOC.CCOC. The fraction of sp³-hybridized carbons (Fsp3) is 0.879. The lowest BCUT2D eigenvalue weighted by Gasteiger charge is -1.84. The van der Waals surface area contributed by atoms with Crippen molar-refractivity contribution in [2.75, 3.05) is 41.2 Å². The van der Waals surface area contributed by atoms with E-state index in [0.717, 1.165) is 45.5 Å². The second kappa shape index (κ2) is 144. The molecular formula is C33H86O3. The number of rotatable bonds is 8. The van der Waals surface area contributed by atoms with Crippen molar-refractivity contribution in [1.82, 2.24) is 0 Å². The van der Waals surface area contributed by atoms with Crippen molar-refractivity contribution in [3.05, 3.63) is 12.2 Å². The lowest BCUT2D eigenvalue weighted by atomic mass is 10.3. The summed E-state index contributed by atoms with van der Waals surface area (Å²) in [5, 5.41) is 0. The maximum Gasteiger partial charge on any atom is 0.0459 e. The van der Waals surface area contributed by atoms with E-state index < -0.39 is 0 Å². The molecule has 0 aromatic rings. The van der Waals surface area contributed by atoms with Crippen LogP contribution in [0.4, 0.5) is 0 Å². The molecule has 0 aliphatic carbocycles. The van der Waals surface area contributed by atoms with Gasteiger partial charge in [-0.2, -0.15) is 0 Å². The number of unbranched alkanes of at least 4 members (excludes halogenated alkanes) is 2. The van der Waals surface area contributed by atoms with E-state index in [1.54, 1.807) is 21.3 Å². The Morgan fingerprint density at radius 1 is 0.583 bits per heavy atom. The molecule has 0 unspecified atom stereocenters. The molecule has 0 saturated heterocycles. The first kappa shape index (κ1) is 83.5. The van der Waals surface area contributed by atoms with Crippen molar-refractivity contribution < 1.29 is 14.2 Å². The Balaban J connectivity index is -0.0000000154. The van der Waals surface area contributed by atoms with E-state index in [1.165, 1.54) is 19.3 Å². The highest BCUT2D eigenvalue weighted by molar-refractivity contribution is 4.92. The molecule has 36 heavy (non-hydrogen) atoms. The minimum absolute atomic E-state index is 0. The van der Waals surface area contributed by atoms with Crippen molar-refractivity contribution in [3.63, 3.8) is 0 Å². The van der Waals surface area contributed by atoms with Gasteiger partial charge in [-0.25, -0.2) is 0 Å². The van der Waals surface area contributed by atoms with Gasteiger partial charge in [-0.1, -0.05) is 125 Å². The number of methoxy groups -OCH3 is 3.